The first-order valence-corrected chi connectivity index (χ1v) is 7.78. The Morgan fingerprint density at radius 1 is 1.26 bits per heavy atom. The van der Waals surface area contributed by atoms with Crippen molar-refractivity contribution in [2.45, 2.75) is 25.8 Å². The lowest BCUT2D eigenvalue weighted by Gasteiger charge is -2.15. The second-order valence-corrected chi connectivity index (χ2v) is 5.61. The first-order valence-electron chi connectivity index (χ1n) is 7.78. The van der Waals surface area contributed by atoms with E-state index in [2.05, 4.69) is 5.32 Å². The van der Waals surface area contributed by atoms with Crippen LogP contribution in [0.25, 0.3) is 11.1 Å². The summed E-state index contributed by atoms with van der Waals surface area (Å²) >= 11 is 0. The fraction of sp³-hybridized carbons (Fsp3) is 0.438. The standard InChI is InChI=1S/C16H19N3O4/c20-14(17-8-4-10-18-9-3-7-15(18)21)11-19-12-5-1-2-6-13(12)23-16(19)22/h1-2,5-6H,3-4,7-11H2,(H,17,20). The molecule has 0 radical (unpaired) electrons. The van der Waals surface area contributed by atoms with Crippen LogP contribution in [0.3, 0.4) is 0 Å². The van der Waals surface area contributed by atoms with Crippen molar-refractivity contribution in [1.29, 1.82) is 0 Å². The molecule has 0 bridgehead atoms. The normalized spacial score (nSPS) is 14.6. The van der Waals surface area contributed by atoms with E-state index in [0.717, 1.165) is 13.0 Å². The van der Waals surface area contributed by atoms with Crippen LogP contribution in [0.4, 0.5) is 0 Å². The summed E-state index contributed by atoms with van der Waals surface area (Å²) in [5.74, 6) is -0.594. The quantitative estimate of drug-likeness (QED) is 0.796. The fourth-order valence-corrected chi connectivity index (χ4v) is 2.80. The monoisotopic (exact) mass is 317 g/mol. The molecule has 0 spiro atoms. The number of likely N-dealkylation sites (tertiary alicyclic amines) is 1. The summed E-state index contributed by atoms with van der Waals surface area (Å²) in [6, 6.07) is 7.00. The molecule has 0 aliphatic carbocycles. The minimum atomic E-state index is -0.538. The van der Waals surface area contributed by atoms with Crippen LogP contribution in [0.5, 0.6) is 0 Å². The Morgan fingerprint density at radius 3 is 2.87 bits per heavy atom. The Balaban J connectivity index is 1.50. The maximum absolute atomic E-state index is 12.0. The van der Waals surface area contributed by atoms with Crippen LogP contribution in [0.15, 0.2) is 33.5 Å². The van der Waals surface area contributed by atoms with Gasteiger partial charge in [0.1, 0.15) is 6.54 Å². The third-order valence-corrected chi connectivity index (χ3v) is 3.97. The molecule has 1 aliphatic heterocycles. The summed E-state index contributed by atoms with van der Waals surface area (Å²) in [6.07, 6.45) is 2.25. The van der Waals surface area contributed by atoms with Crippen molar-refractivity contribution in [2.75, 3.05) is 19.6 Å². The molecule has 1 fully saturated rings. The van der Waals surface area contributed by atoms with Crippen LogP contribution in [-0.4, -0.2) is 40.9 Å². The van der Waals surface area contributed by atoms with Crippen LogP contribution in [-0.2, 0) is 16.1 Å². The van der Waals surface area contributed by atoms with Crippen LogP contribution >= 0.6 is 0 Å². The van der Waals surface area contributed by atoms with Crippen molar-refractivity contribution in [3.8, 4) is 0 Å². The smallest absolute Gasteiger partial charge is 0.408 e. The van der Waals surface area contributed by atoms with Crippen LogP contribution < -0.4 is 11.1 Å². The van der Waals surface area contributed by atoms with E-state index in [1.807, 2.05) is 4.90 Å². The molecule has 2 amide bonds. The second kappa shape index (κ2) is 6.68. The predicted octanol–water partition coefficient (Wildman–Crippen LogP) is 0.723. The Bertz CT molecular complexity index is 777. The molecule has 1 aromatic carbocycles. The van der Waals surface area contributed by atoms with Gasteiger partial charge in [-0.25, -0.2) is 4.79 Å². The van der Waals surface area contributed by atoms with Gasteiger partial charge < -0.3 is 14.6 Å². The van der Waals surface area contributed by atoms with Crippen LogP contribution in [0, 0.1) is 0 Å². The van der Waals surface area contributed by atoms with Crippen LogP contribution in [0.1, 0.15) is 19.3 Å². The van der Waals surface area contributed by atoms with E-state index in [1.165, 1.54) is 4.57 Å². The van der Waals surface area contributed by atoms with Crippen molar-refractivity contribution in [3.05, 3.63) is 34.8 Å². The number of rotatable bonds is 6. The number of para-hydroxylation sites is 2. The zero-order chi connectivity index (χ0) is 16.2. The summed E-state index contributed by atoms with van der Waals surface area (Å²) in [7, 11) is 0. The van der Waals surface area contributed by atoms with Gasteiger partial charge in [-0.15, -0.1) is 0 Å². The second-order valence-electron chi connectivity index (χ2n) is 5.61. The van der Waals surface area contributed by atoms with Gasteiger partial charge in [0, 0.05) is 26.1 Å². The maximum Gasteiger partial charge on any atom is 0.420 e. The zero-order valence-corrected chi connectivity index (χ0v) is 12.8. The van der Waals surface area contributed by atoms with Gasteiger partial charge in [0.05, 0.1) is 5.52 Å². The number of carbonyl (C=O) groups excluding carboxylic acids is 2. The summed E-state index contributed by atoms with van der Waals surface area (Å²) in [5.41, 5.74) is 1.08. The van der Waals surface area contributed by atoms with Gasteiger partial charge in [0.2, 0.25) is 11.8 Å². The number of carbonyl (C=O) groups is 2. The van der Waals surface area contributed by atoms with Crippen molar-refractivity contribution in [1.82, 2.24) is 14.8 Å². The highest BCUT2D eigenvalue weighted by Crippen LogP contribution is 2.11. The lowest BCUT2D eigenvalue weighted by Crippen LogP contribution is -2.33. The Hall–Kier alpha value is -2.57. The summed E-state index contributed by atoms with van der Waals surface area (Å²) in [6.45, 7) is 1.88. The summed E-state index contributed by atoms with van der Waals surface area (Å²) in [5, 5.41) is 2.77. The Kier molecular flexibility index (Phi) is 4.45. The third kappa shape index (κ3) is 3.44. The van der Waals surface area contributed by atoms with E-state index in [1.54, 1.807) is 24.3 Å². The molecule has 1 N–H and O–H groups in total. The molecule has 23 heavy (non-hydrogen) atoms. The number of aromatic nitrogens is 1. The highest BCUT2D eigenvalue weighted by Gasteiger charge is 2.19. The number of amides is 2. The first-order chi connectivity index (χ1) is 11.1. The molecular weight excluding hydrogens is 298 g/mol. The average Bonchev–Trinajstić information content (AvgIpc) is 3.08. The fourth-order valence-electron chi connectivity index (χ4n) is 2.80. The summed E-state index contributed by atoms with van der Waals surface area (Å²) < 4.78 is 6.40. The Morgan fingerprint density at radius 2 is 2.09 bits per heavy atom. The molecule has 0 unspecified atom stereocenters. The molecular formula is C16H19N3O4. The van der Waals surface area contributed by atoms with Crippen LogP contribution in [0.2, 0.25) is 0 Å². The van der Waals surface area contributed by atoms with E-state index >= 15 is 0 Å². The van der Waals surface area contributed by atoms with Gasteiger partial charge in [-0.3, -0.25) is 14.2 Å². The highest BCUT2D eigenvalue weighted by atomic mass is 16.4. The Labute approximate surface area is 132 Å². The largest absolute Gasteiger partial charge is 0.420 e. The minimum Gasteiger partial charge on any atom is -0.408 e. The topological polar surface area (TPSA) is 84.5 Å². The third-order valence-electron chi connectivity index (χ3n) is 3.97. The van der Waals surface area contributed by atoms with E-state index in [9.17, 15) is 14.4 Å². The van der Waals surface area contributed by atoms with Gasteiger partial charge in [-0.05, 0) is 25.0 Å². The molecule has 122 valence electrons. The number of fused-ring (bicyclic) bond motifs is 1. The molecule has 2 aromatic rings. The molecule has 7 nitrogen and oxygen atoms in total. The number of hydrogen-bond donors (Lipinski definition) is 1. The van der Waals surface area contributed by atoms with Crippen molar-refractivity contribution >= 4 is 22.9 Å². The van der Waals surface area contributed by atoms with Gasteiger partial charge >= 0.3 is 5.76 Å². The molecule has 0 saturated carbocycles. The lowest BCUT2D eigenvalue weighted by atomic mass is 10.3. The maximum atomic E-state index is 12.0. The number of nitrogens with zero attached hydrogens (tertiary/aromatic N) is 2. The molecule has 0 atom stereocenters. The molecule has 3 rings (SSSR count). The molecule has 1 aromatic heterocycles. The van der Waals surface area contributed by atoms with E-state index in [4.69, 9.17) is 4.42 Å². The predicted molar refractivity (Wildman–Crippen MR) is 83.9 cm³/mol. The minimum absolute atomic E-state index is 0.0709. The molecule has 2 heterocycles. The van der Waals surface area contributed by atoms with Crippen molar-refractivity contribution < 1.29 is 14.0 Å². The zero-order valence-electron chi connectivity index (χ0n) is 12.8. The average molecular weight is 317 g/mol. The van der Waals surface area contributed by atoms with Gasteiger partial charge in [0.25, 0.3) is 0 Å². The van der Waals surface area contributed by atoms with Gasteiger partial charge in [-0.1, -0.05) is 12.1 Å². The SMILES string of the molecule is O=C(Cn1c(=O)oc2ccccc21)NCCCN1CCCC1=O. The van der Waals surface area contributed by atoms with E-state index < -0.39 is 5.76 Å². The van der Waals surface area contributed by atoms with Crippen molar-refractivity contribution in [2.24, 2.45) is 0 Å². The lowest BCUT2D eigenvalue weighted by molar-refractivity contribution is -0.127. The van der Waals surface area contributed by atoms with E-state index in [-0.39, 0.29) is 18.4 Å². The number of hydrogen-bond acceptors (Lipinski definition) is 4. The van der Waals surface area contributed by atoms with Gasteiger partial charge in [-0.2, -0.15) is 0 Å². The van der Waals surface area contributed by atoms with Gasteiger partial charge in [0.15, 0.2) is 5.58 Å². The van der Waals surface area contributed by atoms with E-state index in [0.29, 0.717) is 37.0 Å². The number of nitrogens with one attached hydrogen (secondary N) is 1. The molecule has 1 aliphatic rings. The number of benzene rings is 1. The molecule has 1 saturated heterocycles. The molecule has 7 heteroatoms. The summed E-state index contributed by atoms with van der Waals surface area (Å²) in [4.78, 5) is 37.0. The number of oxazole rings is 1. The highest BCUT2D eigenvalue weighted by molar-refractivity contribution is 5.79. The first kappa shape index (κ1) is 15.3. The van der Waals surface area contributed by atoms with Crippen molar-refractivity contribution in [3.63, 3.8) is 0 Å².